The Morgan fingerprint density at radius 3 is 2.21 bits per heavy atom. The first kappa shape index (κ1) is 22.4. The van der Waals surface area contributed by atoms with E-state index in [9.17, 15) is 19.2 Å². The van der Waals surface area contributed by atoms with E-state index < -0.39 is 18.4 Å². The van der Waals surface area contributed by atoms with Gasteiger partial charge < -0.3 is 21.1 Å². The number of nitrogens with zero attached hydrogens (tertiary/aromatic N) is 1. The number of carboxylic acids is 1. The van der Waals surface area contributed by atoms with Gasteiger partial charge in [-0.1, -0.05) is 18.2 Å². The summed E-state index contributed by atoms with van der Waals surface area (Å²) in [4.78, 5) is 48.3. The summed E-state index contributed by atoms with van der Waals surface area (Å²) in [6.45, 7) is 3.73. The molecule has 0 unspecified atom stereocenters. The van der Waals surface area contributed by atoms with Crippen molar-refractivity contribution in [1.29, 1.82) is 0 Å². The fourth-order valence-corrected chi connectivity index (χ4v) is 2.95. The first-order valence-corrected chi connectivity index (χ1v) is 9.61. The molecule has 0 spiro atoms. The minimum Gasteiger partial charge on any atom is -0.480 e. The maximum absolute atomic E-state index is 12.5. The van der Waals surface area contributed by atoms with Gasteiger partial charge in [0.25, 0.3) is 0 Å². The number of rotatable bonds is 11. The fourth-order valence-electron chi connectivity index (χ4n) is 2.95. The number of hydrogen-bond acceptors (Lipinski definition) is 5. The van der Waals surface area contributed by atoms with Crippen LogP contribution in [0.25, 0.3) is 0 Å². The highest BCUT2D eigenvalue weighted by Gasteiger charge is 2.30. The summed E-state index contributed by atoms with van der Waals surface area (Å²) in [6, 6.07) is 6.12. The average molecular weight is 404 g/mol. The topological polar surface area (TPSA) is 128 Å². The molecule has 9 nitrogen and oxygen atoms in total. The van der Waals surface area contributed by atoms with Crippen molar-refractivity contribution in [3.05, 3.63) is 29.3 Å². The van der Waals surface area contributed by atoms with Crippen molar-refractivity contribution in [2.45, 2.75) is 39.2 Å². The van der Waals surface area contributed by atoms with Crippen LogP contribution in [0.4, 0.5) is 5.69 Å². The van der Waals surface area contributed by atoms with Crippen LogP contribution in [0, 0.1) is 13.8 Å². The highest BCUT2D eigenvalue weighted by Crippen LogP contribution is 2.27. The van der Waals surface area contributed by atoms with Crippen LogP contribution in [0.15, 0.2) is 18.2 Å². The van der Waals surface area contributed by atoms with E-state index in [4.69, 9.17) is 5.11 Å². The lowest BCUT2D eigenvalue weighted by atomic mass is 10.1. The van der Waals surface area contributed by atoms with Gasteiger partial charge in [0.15, 0.2) is 0 Å². The summed E-state index contributed by atoms with van der Waals surface area (Å²) < 4.78 is 0. The van der Waals surface area contributed by atoms with Crippen molar-refractivity contribution < 1.29 is 24.3 Å². The number of amides is 3. The quantitative estimate of drug-likeness (QED) is 0.423. The van der Waals surface area contributed by atoms with E-state index >= 15 is 0 Å². The van der Waals surface area contributed by atoms with Crippen LogP contribution in [0.2, 0.25) is 0 Å². The van der Waals surface area contributed by atoms with Crippen molar-refractivity contribution in [2.75, 3.05) is 31.5 Å². The monoisotopic (exact) mass is 404 g/mol. The van der Waals surface area contributed by atoms with E-state index in [0.29, 0.717) is 12.6 Å². The summed E-state index contributed by atoms with van der Waals surface area (Å²) in [5, 5.41) is 16.1. The van der Waals surface area contributed by atoms with Gasteiger partial charge in [-0.2, -0.15) is 0 Å². The molecule has 158 valence electrons. The first-order valence-electron chi connectivity index (χ1n) is 9.61. The predicted octanol–water partition coefficient (Wildman–Crippen LogP) is 0.413. The Bertz CT molecular complexity index is 756. The second-order valence-corrected chi connectivity index (χ2v) is 7.21. The molecular weight excluding hydrogens is 376 g/mol. The largest absolute Gasteiger partial charge is 0.480 e. The lowest BCUT2D eigenvalue weighted by Crippen LogP contribution is -2.41. The Hall–Kier alpha value is -2.94. The zero-order valence-corrected chi connectivity index (χ0v) is 16.8. The Balaban J connectivity index is 1.77. The SMILES string of the molecule is Cc1cccc(C)c1NC(=O)CN(CCC(=O)NCC(=O)NCC(=O)O)C1CC1. The van der Waals surface area contributed by atoms with E-state index in [1.165, 1.54) is 0 Å². The number of anilines is 1. The standard InChI is InChI=1S/C20H28N4O5/c1-13-4-3-5-14(2)20(13)23-18(27)12-24(15-6-7-15)9-8-16(25)21-10-17(26)22-11-19(28)29/h3-5,15H,6-12H2,1-2H3,(H,21,25)(H,22,26)(H,23,27)(H,28,29). The minimum atomic E-state index is -1.15. The molecule has 1 aromatic carbocycles. The molecule has 0 radical (unpaired) electrons. The van der Waals surface area contributed by atoms with Crippen molar-refractivity contribution >= 4 is 29.4 Å². The summed E-state index contributed by atoms with van der Waals surface area (Å²) >= 11 is 0. The lowest BCUT2D eigenvalue weighted by molar-refractivity contribution is -0.137. The van der Waals surface area contributed by atoms with E-state index in [1.807, 2.05) is 36.9 Å². The number of aliphatic carboxylic acids is 1. The van der Waals surface area contributed by atoms with Gasteiger partial charge in [0, 0.05) is 24.7 Å². The van der Waals surface area contributed by atoms with Gasteiger partial charge in [0.1, 0.15) is 6.54 Å². The predicted molar refractivity (Wildman–Crippen MR) is 107 cm³/mol. The molecular formula is C20H28N4O5. The van der Waals surface area contributed by atoms with Crippen molar-refractivity contribution in [3.8, 4) is 0 Å². The van der Waals surface area contributed by atoms with Crippen LogP contribution < -0.4 is 16.0 Å². The molecule has 0 aromatic heterocycles. The molecule has 2 rings (SSSR count). The number of carbonyl (C=O) groups is 4. The maximum Gasteiger partial charge on any atom is 0.322 e. The van der Waals surface area contributed by atoms with Gasteiger partial charge in [-0.25, -0.2) is 0 Å². The van der Waals surface area contributed by atoms with Crippen LogP contribution in [0.1, 0.15) is 30.4 Å². The van der Waals surface area contributed by atoms with Gasteiger partial charge in [0.2, 0.25) is 17.7 Å². The van der Waals surface area contributed by atoms with Gasteiger partial charge in [-0.15, -0.1) is 0 Å². The molecule has 1 aliphatic rings. The molecule has 1 aliphatic carbocycles. The zero-order chi connectivity index (χ0) is 21.4. The molecule has 3 amide bonds. The minimum absolute atomic E-state index is 0.122. The maximum atomic E-state index is 12.5. The van der Waals surface area contributed by atoms with Crippen LogP contribution >= 0.6 is 0 Å². The normalized spacial score (nSPS) is 13.1. The van der Waals surface area contributed by atoms with Crippen molar-refractivity contribution in [2.24, 2.45) is 0 Å². The molecule has 4 N–H and O–H groups in total. The third kappa shape index (κ3) is 7.90. The number of aryl methyl sites for hydroxylation is 2. The van der Waals surface area contributed by atoms with Crippen molar-refractivity contribution in [3.63, 3.8) is 0 Å². The summed E-state index contributed by atoms with van der Waals surface area (Å²) in [5.41, 5.74) is 2.81. The number of carbonyl (C=O) groups excluding carboxylic acids is 3. The molecule has 9 heteroatoms. The van der Waals surface area contributed by atoms with Gasteiger partial charge in [-0.3, -0.25) is 24.1 Å². The number of carboxylic acid groups (broad SMARTS) is 1. The molecule has 1 fully saturated rings. The Morgan fingerprint density at radius 2 is 1.62 bits per heavy atom. The van der Waals surface area contributed by atoms with Gasteiger partial charge in [-0.05, 0) is 37.8 Å². The van der Waals surface area contributed by atoms with Crippen molar-refractivity contribution in [1.82, 2.24) is 15.5 Å². The third-order valence-electron chi connectivity index (χ3n) is 4.66. The molecule has 0 saturated heterocycles. The van der Waals surface area contributed by atoms with E-state index in [2.05, 4.69) is 16.0 Å². The Kier molecular flexibility index (Phi) is 8.14. The Morgan fingerprint density at radius 1 is 1.00 bits per heavy atom. The lowest BCUT2D eigenvalue weighted by Gasteiger charge is -2.22. The van der Waals surface area contributed by atoms with E-state index in [0.717, 1.165) is 29.7 Å². The number of nitrogens with one attached hydrogen (secondary N) is 3. The number of benzene rings is 1. The van der Waals surface area contributed by atoms with Gasteiger partial charge >= 0.3 is 5.97 Å². The Labute approximate surface area is 169 Å². The smallest absolute Gasteiger partial charge is 0.322 e. The van der Waals surface area contributed by atoms with Crippen LogP contribution in [-0.4, -0.2) is 65.9 Å². The van der Waals surface area contributed by atoms with Gasteiger partial charge in [0.05, 0.1) is 13.1 Å². The molecule has 1 saturated carbocycles. The second-order valence-electron chi connectivity index (χ2n) is 7.21. The summed E-state index contributed by atoms with van der Waals surface area (Å²) in [6.07, 6.45) is 2.14. The van der Waals surface area contributed by atoms with Crippen LogP contribution in [0.3, 0.4) is 0 Å². The molecule has 0 heterocycles. The second kappa shape index (κ2) is 10.6. The fraction of sp³-hybridized carbons (Fsp3) is 0.500. The molecule has 0 bridgehead atoms. The molecule has 0 atom stereocenters. The highest BCUT2D eigenvalue weighted by atomic mass is 16.4. The average Bonchev–Trinajstić information content (AvgIpc) is 3.50. The number of hydrogen-bond donors (Lipinski definition) is 4. The van der Waals surface area contributed by atoms with E-state index in [-0.39, 0.29) is 31.3 Å². The molecule has 0 aliphatic heterocycles. The van der Waals surface area contributed by atoms with Crippen LogP contribution in [0.5, 0.6) is 0 Å². The first-order chi connectivity index (χ1) is 13.8. The zero-order valence-electron chi connectivity index (χ0n) is 16.8. The molecule has 29 heavy (non-hydrogen) atoms. The number of para-hydroxylation sites is 1. The van der Waals surface area contributed by atoms with Crippen LogP contribution in [-0.2, 0) is 19.2 Å². The summed E-state index contributed by atoms with van der Waals surface area (Å²) in [7, 11) is 0. The highest BCUT2D eigenvalue weighted by molar-refractivity contribution is 5.94. The molecule has 1 aromatic rings. The van der Waals surface area contributed by atoms with E-state index in [1.54, 1.807) is 0 Å². The third-order valence-corrected chi connectivity index (χ3v) is 4.66. The summed E-state index contributed by atoms with van der Waals surface area (Å²) in [5.74, 6) is -2.16.